The molecule has 1 aliphatic rings. The summed E-state index contributed by atoms with van der Waals surface area (Å²) in [5, 5.41) is 3.77. The van der Waals surface area contributed by atoms with Gasteiger partial charge in [0, 0.05) is 12.3 Å². The highest BCUT2D eigenvalue weighted by atomic mass is 32.2. The molecule has 0 radical (unpaired) electrons. The minimum atomic E-state index is -0.330. The van der Waals surface area contributed by atoms with Gasteiger partial charge in [-0.05, 0) is 29.6 Å². The summed E-state index contributed by atoms with van der Waals surface area (Å²) in [6.45, 7) is 11.6. The SMILES string of the molecule is Cc1ccc([C@@]2(C(=O)NCCSC(C)C)CC2(C)C)cc1. The maximum Gasteiger partial charge on any atom is 0.231 e. The summed E-state index contributed by atoms with van der Waals surface area (Å²) in [5.74, 6) is 1.18. The lowest BCUT2D eigenvalue weighted by atomic mass is 9.86. The van der Waals surface area contributed by atoms with Crippen LogP contribution < -0.4 is 5.32 Å². The van der Waals surface area contributed by atoms with Crippen molar-refractivity contribution in [1.82, 2.24) is 5.32 Å². The summed E-state index contributed by atoms with van der Waals surface area (Å²) in [5.41, 5.74) is 2.12. The Morgan fingerprint density at radius 2 is 1.86 bits per heavy atom. The molecule has 0 saturated heterocycles. The summed E-state index contributed by atoms with van der Waals surface area (Å²) in [6, 6.07) is 8.44. The molecule has 1 saturated carbocycles. The molecule has 3 heteroatoms. The minimum absolute atomic E-state index is 0.0531. The molecule has 0 aliphatic heterocycles. The molecule has 1 aromatic rings. The first kappa shape index (κ1) is 16.4. The van der Waals surface area contributed by atoms with E-state index >= 15 is 0 Å². The van der Waals surface area contributed by atoms with Crippen LogP contribution in [0.2, 0.25) is 0 Å². The molecule has 116 valence electrons. The lowest BCUT2D eigenvalue weighted by Gasteiger charge is -2.21. The fourth-order valence-electron chi connectivity index (χ4n) is 3.08. The maximum atomic E-state index is 12.8. The summed E-state index contributed by atoms with van der Waals surface area (Å²) in [4.78, 5) is 12.8. The van der Waals surface area contributed by atoms with Gasteiger partial charge in [0.2, 0.25) is 5.91 Å². The van der Waals surface area contributed by atoms with Crippen molar-refractivity contribution in [2.45, 2.75) is 51.7 Å². The number of hydrogen-bond donors (Lipinski definition) is 1. The zero-order valence-electron chi connectivity index (χ0n) is 13.8. The van der Waals surface area contributed by atoms with E-state index in [2.05, 4.69) is 64.2 Å². The average molecular weight is 305 g/mol. The Morgan fingerprint density at radius 3 is 2.33 bits per heavy atom. The second-order valence-corrected chi connectivity index (χ2v) is 8.69. The zero-order chi connectivity index (χ0) is 15.7. The molecule has 2 rings (SSSR count). The lowest BCUT2D eigenvalue weighted by Crippen LogP contribution is -2.38. The summed E-state index contributed by atoms with van der Waals surface area (Å²) < 4.78 is 0. The zero-order valence-corrected chi connectivity index (χ0v) is 14.6. The highest BCUT2D eigenvalue weighted by molar-refractivity contribution is 7.99. The smallest absolute Gasteiger partial charge is 0.231 e. The lowest BCUT2D eigenvalue weighted by molar-refractivity contribution is -0.124. The van der Waals surface area contributed by atoms with E-state index in [9.17, 15) is 4.79 Å². The topological polar surface area (TPSA) is 29.1 Å². The molecule has 1 fully saturated rings. The first-order valence-corrected chi connectivity index (χ1v) is 8.81. The molecule has 0 spiro atoms. The van der Waals surface area contributed by atoms with Crippen molar-refractivity contribution < 1.29 is 4.79 Å². The fraction of sp³-hybridized carbons (Fsp3) is 0.611. The average Bonchev–Trinajstić information content (AvgIpc) is 2.99. The molecule has 1 atom stereocenters. The Labute approximate surface area is 133 Å². The Balaban J connectivity index is 2.06. The van der Waals surface area contributed by atoms with E-state index in [4.69, 9.17) is 0 Å². The third-order valence-corrected chi connectivity index (χ3v) is 5.61. The van der Waals surface area contributed by atoms with Crippen molar-refractivity contribution in [3.05, 3.63) is 35.4 Å². The van der Waals surface area contributed by atoms with Gasteiger partial charge >= 0.3 is 0 Å². The molecular formula is C18H27NOS. The quantitative estimate of drug-likeness (QED) is 0.807. The molecule has 0 unspecified atom stereocenters. The second kappa shape index (κ2) is 6.04. The molecule has 1 N–H and O–H groups in total. The van der Waals surface area contributed by atoms with Crippen LogP contribution in [-0.2, 0) is 10.2 Å². The van der Waals surface area contributed by atoms with Crippen molar-refractivity contribution in [3.8, 4) is 0 Å². The van der Waals surface area contributed by atoms with Gasteiger partial charge in [0.05, 0.1) is 5.41 Å². The fourth-order valence-corrected chi connectivity index (χ4v) is 3.77. The molecule has 0 heterocycles. The van der Waals surface area contributed by atoms with Crippen molar-refractivity contribution in [2.75, 3.05) is 12.3 Å². The largest absolute Gasteiger partial charge is 0.354 e. The number of carbonyl (C=O) groups excluding carboxylic acids is 1. The van der Waals surface area contributed by atoms with Gasteiger partial charge in [-0.1, -0.05) is 57.5 Å². The molecule has 0 aromatic heterocycles. The van der Waals surface area contributed by atoms with E-state index in [-0.39, 0.29) is 16.7 Å². The van der Waals surface area contributed by atoms with Crippen LogP contribution in [0.25, 0.3) is 0 Å². The van der Waals surface area contributed by atoms with E-state index in [1.165, 1.54) is 5.56 Å². The van der Waals surface area contributed by atoms with Crippen molar-refractivity contribution in [2.24, 2.45) is 5.41 Å². The normalized spacial score (nSPS) is 23.1. The number of thioether (sulfide) groups is 1. The van der Waals surface area contributed by atoms with Crippen LogP contribution in [0.15, 0.2) is 24.3 Å². The Morgan fingerprint density at radius 1 is 1.29 bits per heavy atom. The van der Waals surface area contributed by atoms with Crippen LogP contribution in [0.5, 0.6) is 0 Å². The van der Waals surface area contributed by atoms with Crippen LogP contribution in [0.4, 0.5) is 0 Å². The van der Waals surface area contributed by atoms with Crippen LogP contribution >= 0.6 is 11.8 Å². The molecule has 21 heavy (non-hydrogen) atoms. The monoisotopic (exact) mass is 305 g/mol. The predicted molar refractivity (Wildman–Crippen MR) is 91.9 cm³/mol. The summed E-state index contributed by atoms with van der Waals surface area (Å²) >= 11 is 1.89. The van der Waals surface area contributed by atoms with Gasteiger partial charge < -0.3 is 5.32 Å². The van der Waals surface area contributed by atoms with E-state index in [1.807, 2.05) is 11.8 Å². The van der Waals surface area contributed by atoms with Crippen molar-refractivity contribution in [1.29, 1.82) is 0 Å². The molecule has 1 aliphatic carbocycles. The Kier molecular flexibility index (Phi) is 4.72. The van der Waals surface area contributed by atoms with Gasteiger partial charge in [-0.2, -0.15) is 11.8 Å². The number of benzene rings is 1. The van der Waals surface area contributed by atoms with Crippen LogP contribution in [0, 0.1) is 12.3 Å². The van der Waals surface area contributed by atoms with Crippen LogP contribution in [-0.4, -0.2) is 23.5 Å². The molecule has 0 bridgehead atoms. The minimum Gasteiger partial charge on any atom is -0.354 e. The predicted octanol–water partition coefficient (Wildman–Crippen LogP) is 3.92. The summed E-state index contributed by atoms with van der Waals surface area (Å²) in [7, 11) is 0. The second-order valence-electron chi connectivity index (χ2n) is 7.01. The van der Waals surface area contributed by atoms with Gasteiger partial charge in [-0.15, -0.1) is 0 Å². The molecule has 1 amide bonds. The number of rotatable bonds is 6. The molecule has 2 nitrogen and oxygen atoms in total. The van der Waals surface area contributed by atoms with E-state index in [0.29, 0.717) is 5.25 Å². The van der Waals surface area contributed by atoms with Crippen molar-refractivity contribution >= 4 is 17.7 Å². The number of nitrogens with one attached hydrogen (secondary N) is 1. The number of carbonyl (C=O) groups is 1. The number of aryl methyl sites for hydroxylation is 1. The van der Waals surface area contributed by atoms with Gasteiger partial charge in [0.1, 0.15) is 0 Å². The highest BCUT2D eigenvalue weighted by Crippen LogP contribution is 2.64. The van der Waals surface area contributed by atoms with Gasteiger partial charge in [0.25, 0.3) is 0 Å². The third kappa shape index (κ3) is 3.28. The first-order valence-electron chi connectivity index (χ1n) is 7.77. The molecular weight excluding hydrogens is 278 g/mol. The van der Waals surface area contributed by atoms with E-state index < -0.39 is 0 Å². The Bertz CT molecular complexity index is 506. The number of hydrogen-bond acceptors (Lipinski definition) is 2. The van der Waals surface area contributed by atoms with Gasteiger partial charge in [-0.3, -0.25) is 4.79 Å². The number of amides is 1. The van der Waals surface area contributed by atoms with Crippen LogP contribution in [0.3, 0.4) is 0 Å². The first-order chi connectivity index (χ1) is 9.79. The molecule has 1 aromatic carbocycles. The van der Waals surface area contributed by atoms with Crippen LogP contribution in [0.1, 0.15) is 45.2 Å². The van der Waals surface area contributed by atoms with E-state index in [1.54, 1.807) is 0 Å². The third-order valence-electron chi connectivity index (χ3n) is 4.51. The summed E-state index contributed by atoms with van der Waals surface area (Å²) in [6.07, 6.45) is 0.937. The standard InChI is InChI=1S/C18H27NOS/c1-13(2)21-11-10-19-16(20)18(12-17(18,4)5)15-8-6-14(3)7-9-15/h6-9,13H,10-12H2,1-5H3,(H,19,20)/t18-/m1/s1. The van der Waals surface area contributed by atoms with E-state index in [0.717, 1.165) is 24.3 Å². The van der Waals surface area contributed by atoms with Gasteiger partial charge in [0.15, 0.2) is 0 Å². The van der Waals surface area contributed by atoms with Crippen molar-refractivity contribution in [3.63, 3.8) is 0 Å². The Hall–Kier alpha value is -0.960. The maximum absolute atomic E-state index is 12.8. The van der Waals surface area contributed by atoms with Gasteiger partial charge in [-0.25, -0.2) is 0 Å². The highest BCUT2D eigenvalue weighted by Gasteiger charge is 2.66.